The zero-order chi connectivity index (χ0) is 16.5. The normalized spacial score (nSPS) is 14.0. The van der Waals surface area contributed by atoms with Gasteiger partial charge in [0.25, 0.3) is 0 Å². The first kappa shape index (κ1) is 16.9. The second kappa shape index (κ2) is 5.95. The van der Waals surface area contributed by atoms with Crippen LogP contribution in [0.4, 0.5) is 0 Å². The molecule has 0 unspecified atom stereocenters. The van der Waals surface area contributed by atoms with Crippen LogP contribution in [-0.2, 0) is 19.9 Å². The van der Waals surface area contributed by atoms with Crippen LogP contribution in [0.2, 0.25) is 5.02 Å². The van der Waals surface area contributed by atoms with Gasteiger partial charge in [-0.15, -0.1) is 5.10 Å². The minimum atomic E-state index is -3.84. The Morgan fingerprint density at radius 1 is 1.14 bits per heavy atom. The summed E-state index contributed by atoms with van der Waals surface area (Å²) >= 11 is 5.70. The molecule has 0 amide bonds. The predicted molar refractivity (Wildman–Crippen MR) is 77.6 cm³/mol. The summed E-state index contributed by atoms with van der Waals surface area (Å²) in [7, 11) is -7.48. The van der Waals surface area contributed by atoms with Crippen LogP contribution in [0, 0.1) is 0 Å². The molecule has 1 heterocycles. The molecule has 0 saturated carbocycles. The maximum absolute atomic E-state index is 12.2. The van der Waals surface area contributed by atoms with Crippen LogP contribution in [-0.4, -0.2) is 33.3 Å². The molecule has 1 atom stereocenters. The maximum atomic E-state index is 12.2. The number of sulfone groups is 1. The van der Waals surface area contributed by atoms with E-state index in [1.165, 1.54) is 31.2 Å². The van der Waals surface area contributed by atoms with E-state index in [0.717, 1.165) is 6.26 Å². The molecule has 0 fully saturated rings. The predicted octanol–water partition coefficient (Wildman–Crippen LogP) is 1.17. The lowest BCUT2D eigenvalue weighted by Gasteiger charge is -2.10. The molecular weight excluding hydrogens is 354 g/mol. The summed E-state index contributed by atoms with van der Waals surface area (Å²) in [5, 5.41) is 6.73. The lowest BCUT2D eigenvalue weighted by atomic mass is 10.4. The molecule has 0 aliphatic rings. The fraction of sp³-hybridized carbons (Fsp3) is 0.273. The van der Waals surface area contributed by atoms with Crippen molar-refractivity contribution < 1.29 is 21.3 Å². The van der Waals surface area contributed by atoms with Crippen LogP contribution in [0.1, 0.15) is 18.9 Å². The van der Waals surface area contributed by atoms with E-state index in [1.807, 2.05) is 0 Å². The molecule has 1 aromatic heterocycles. The highest BCUT2D eigenvalue weighted by Crippen LogP contribution is 2.19. The molecular formula is C11H12ClN3O5S2. The molecule has 11 heteroatoms. The van der Waals surface area contributed by atoms with Crippen molar-refractivity contribution in [1.29, 1.82) is 0 Å². The summed E-state index contributed by atoms with van der Waals surface area (Å²) in [6.45, 7) is 1.45. The molecule has 0 saturated heterocycles. The van der Waals surface area contributed by atoms with Crippen LogP contribution in [0.25, 0.3) is 0 Å². The van der Waals surface area contributed by atoms with Crippen molar-refractivity contribution in [2.24, 2.45) is 0 Å². The number of hydrogen-bond donors (Lipinski definition) is 1. The van der Waals surface area contributed by atoms with Crippen molar-refractivity contribution in [3.63, 3.8) is 0 Å². The van der Waals surface area contributed by atoms with Gasteiger partial charge in [-0.2, -0.15) is 4.72 Å². The Labute approximate surface area is 132 Å². The highest BCUT2D eigenvalue weighted by molar-refractivity contribution is 7.90. The Morgan fingerprint density at radius 2 is 1.73 bits per heavy atom. The Balaban J connectivity index is 2.22. The van der Waals surface area contributed by atoms with Gasteiger partial charge >= 0.3 is 5.22 Å². The van der Waals surface area contributed by atoms with E-state index in [1.54, 1.807) is 0 Å². The third-order valence-corrected chi connectivity index (χ3v) is 5.17. The maximum Gasteiger partial charge on any atom is 0.335 e. The van der Waals surface area contributed by atoms with Crippen LogP contribution in [0.15, 0.2) is 38.8 Å². The van der Waals surface area contributed by atoms with Gasteiger partial charge in [-0.05, 0) is 31.2 Å². The first-order valence-electron chi connectivity index (χ1n) is 5.91. The zero-order valence-electron chi connectivity index (χ0n) is 11.5. The number of rotatable bonds is 5. The Hall–Kier alpha value is -1.49. The largest absolute Gasteiger partial charge is 0.411 e. The van der Waals surface area contributed by atoms with Gasteiger partial charge in [-0.3, -0.25) is 0 Å². The van der Waals surface area contributed by atoms with E-state index in [0.29, 0.717) is 5.02 Å². The highest BCUT2D eigenvalue weighted by atomic mass is 35.5. The third-order valence-electron chi connectivity index (χ3n) is 2.57. The Morgan fingerprint density at radius 3 is 2.23 bits per heavy atom. The number of hydrogen-bond acceptors (Lipinski definition) is 7. The molecule has 0 spiro atoms. The van der Waals surface area contributed by atoms with Gasteiger partial charge in [0.05, 0.1) is 10.9 Å². The number of halogens is 1. The van der Waals surface area contributed by atoms with Crippen LogP contribution >= 0.6 is 11.6 Å². The topological polar surface area (TPSA) is 119 Å². The van der Waals surface area contributed by atoms with Crippen molar-refractivity contribution in [2.45, 2.75) is 23.1 Å². The summed E-state index contributed by atoms with van der Waals surface area (Å²) in [6, 6.07) is 4.66. The van der Waals surface area contributed by atoms with Crippen LogP contribution < -0.4 is 4.72 Å². The number of benzene rings is 1. The molecule has 0 aliphatic carbocycles. The molecule has 1 N–H and O–H groups in total. The van der Waals surface area contributed by atoms with Crippen molar-refractivity contribution in [3.05, 3.63) is 35.2 Å². The molecule has 0 aliphatic heterocycles. The van der Waals surface area contributed by atoms with Gasteiger partial charge in [0.1, 0.15) is 0 Å². The van der Waals surface area contributed by atoms with Gasteiger partial charge in [0, 0.05) is 11.3 Å². The monoisotopic (exact) mass is 365 g/mol. The standard InChI is InChI=1S/C11H12ClN3O5S2/c1-7(10-13-14-11(20-10)21(2,16)17)15-22(18,19)9-5-3-8(12)4-6-9/h3-7,15H,1-2H3/t7-/m0/s1. The minimum absolute atomic E-state index is 0.00611. The summed E-state index contributed by atoms with van der Waals surface area (Å²) < 4.78 is 54.1. The van der Waals surface area contributed by atoms with E-state index in [9.17, 15) is 16.8 Å². The minimum Gasteiger partial charge on any atom is -0.411 e. The molecule has 2 aromatic rings. The first-order chi connectivity index (χ1) is 10.1. The average molecular weight is 366 g/mol. The molecule has 1 aromatic carbocycles. The highest BCUT2D eigenvalue weighted by Gasteiger charge is 2.24. The molecule has 0 bridgehead atoms. The second-order valence-corrected chi connectivity index (χ2v) is 8.52. The molecule has 8 nitrogen and oxygen atoms in total. The molecule has 120 valence electrons. The van der Waals surface area contributed by atoms with Crippen molar-refractivity contribution in [1.82, 2.24) is 14.9 Å². The van der Waals surface area contributed by atoms with Crippen molar-refractivity contribution in [2.75, 3.05) is 6.26 Å². The molecule has 2 rings (SSSR count). The van der Waals surface area contributed by atoms with Gasteiger partial charge in [0.15, 0.2) is 0 Å². The second-order valence-electron chi connectivity index (χ2n) is 4.48. The SMILES string of the molecule is C[C@H](NS(=O)(=O)c1ccc(Cl)cc1)c1nnc(S(C)(=O)=O)o1. The van der Waals surface area contributed by atoms with Gasteiger partial charge in [0.2, 0.25) is 25.8 Å². The smallest absolute Gasteiger partial charge is 0.335 e. The van der Waals surface area contributed by atoms with E-state index >= 15 is 0 Å². The van der Waals surface area contributed by atoms with Gasteiger partial charge in [-0.25, -0.2) is 16.8 Å². The number of nitrogens with one attached hydrogen (secondary N) is 1. The van der Waals surface area contributed by atoms with Crippen molar-refractivity contribution >= 4 is 31.5 Å². The van der Waals surface area contributed by atoms with Gasteiger partial charge < -0.3 is 4.42 Å². The van der Waals surface area contributed by atoms with E-state index < -0.39 is 31.1 Å². The Bertz CT molecular complexity index is 875. The number of nitrogens with zero attached hydrogens (tertiary/aromatic N) is 2. The third kappa shape index (κ3) is 3.83. The molecule has 0 radical (unpaired) electrons. The fourth-order valence-electron chi connectivity index (χ4n) is 1.51. The number of sulfonamides is 1. The van der Waals surface area contributed by atoms with E-state index in [-0.39, 0.29) is 10.8 Å². The lowest BCUT2D eigenvalue weighted by molar-refractivity contribution is 0.373. The lowest BCUT2D eigenvalue weighted by Crippen LogP contribution is -2.27. The number of aromatic nitrogens is 2. The van der Waals surface area contributed by atoms with Gasteiger partial charge in [-0.1, -0.05) is 16.7 Å². The van der Waals surface area contributed by atoms with Crippen molar-refractivity contribution in [3.8, 4) is 0 Å². The first-order valence-corrected chi connectivity index (χ1v) is 9.66. The molecule has 22 heavy (non-hydrogen) atoms. The van der Waals surface area contributed by atoms with Crippen LogP contribution in [0.3, 0.4) is 0 Å². The van der Waals surface area contributed by atoms with Crippen LogP contribution in [0.5, 0.6) is 0 Å². The fourth-order valence-corrected chi connectivity index (χ4v) is 3.26. The Kier molecular flexibility index (Phi) is 4.57. The van der Waals surface area contributed by atoms with E-state index in [2.05, 4.69) is 14.9 Å². The zero-order valence-corrected chi connectivity index (χ0v) is 13.9. The summed E-state index contributed by atoms with van der Waals surface area (Å²) in [5.74, 6) is -0.155. The average Bonchev–Trinajstić information content (AvgIpc) is 2.88. The summed E-state index contributed by atoms with van der Waals surface area (Å²) in [5.41, 5.74) is 0. The summed E-state index contributed by atoms with van der Waals surface area (Å²) in [6.07, 6.45) is 0.910. The van der Waals surface area contributed by atoms with E-state index in [4.69, 9.17) is 16.0 Å². The summed E-state index contributed by atoms with van der Waals surface area (Å²) in [4.78, 5) is 0.00611. The quantitative estimate of drug-likeness (QED) is 0.844.